The molecule has 1 amide bonds. The molecule has 0 bridgehead atoms. The summed E-state index contributed by atoms with van der Waals surface area (Å²) in [6.45, 7) is 10.8. The first-order valence-corrected chi connectivity index (χ1v) is 13.3. The Morgan fingerprint density at radius 2 is 1.51 bits per heavy atom. The van der Waals surface area contributed by atoms with Crippen molar-refractivity contribution in [3.8, 4) is 5.75 Å². The van der Waals surface area contributed by atoms with E-state index in [1.807, 2.05) is 41.5 Å². The molecule has 0 spiro atoms. The molecule has 41 heavy (non-hydrogen) atoms. The Hall–Kier alpha value is -3.69. The van der Waals surface area contributed by atoms with E-state index in [1.165, 1.54) is 0 Å². The number of phenols is 1. The van der Waals surface area contributed by atoms with Crippen LogP contribution < -0.4 is 0 Å². The highest BCUT2D eigenvalue weighted by atomic mass is 19.4. The fourth-order valence-electron chi connectivity index (χ4n) is 5.03. The van der Waals surface area contributed by atoms with Gasteiger partial charge in [-0.1, -0.05) is 71.9 Å². The fraction of sp³-hybridized carbons (Fsp3) is 0.484. The van der Waals surface area contributed by atoms with Crippen molar-refractivity contribution < 1.29 is 37.4 Å². The third-order valence-corrected chi connectivity index (χ3v) is 7.16. The number of carbonyl (C=O) groups excluding carboxylic acids is 3. The Bertz CT molecular complexity index is 1300. The van der Waals surface area contributed by atoms with Gasteiger partial charge in [-0.25, -0.2) is 4.79 Å². The summed E-state index contributed by atoms with van der Waals surface area (Å²) < 4.78 is 44.9. The topological polar surface area (TPSA) is 96.3 Å². The molecule has 1 N–H and O–H groups in total. The molecule has 0 saturated carbocycles. The van der Waals surface area contributed by atoms with Gasteiger partial charge in [0.1, 0.15) is 17.6 Å². The molecule has 3 rings (SSSR count). The molecule has 2 aromatic carbocycles. The number of phenolic OH excluding ortho intramolecular Hbond substituents is 1. The lowest BCUT2D eigenvalue weighted by Gasteiger charge is -2.29. The summed E-state index contributed by atoms with van der Waals surface area (Å²) in [6, 6.07) is 10.9. The predicted molar refractivity (Wildman–Crippen MR) is 149 cm³/mol. The number of alkyl halides is 3. The lowest BCUT2D eigenvalue weighted by molar-refractivity contribution is -0.169. The van der Waals surface area contributed by atoms with Gasteiger partial charge in [-0.2, -0.15) is 18.2 Å². The highest BCUT2D eigenvalue weighted by Gasteiger charge is 2.46. The minimum Gasteiger partial charge on any atom is -0.507 e. The van der Waals surface area contributed by atoms with E-state index in [2.05, 4.69) is 4.99 Å². The number of ether oxygens (including phenoxy) is 1. The molecule has 7 nitrogen and oxygen atoms in total. The monoisotopic (exact) mass is 574 g/mol. The minimum absolute atomic E-state index is 0.00881. The molecule has 2 atom stereocenters. The largest absolute Gasteiger partial charge is 0.507 e. The van der Waals surface area contributed by atoms with Crippen LogP contribution in [0.15, 0.2) is 47.5 Å². The summed E-state index contributed by atoms with van der Waals surface area (Å²) in [5.74, 6) is -4.56. The van der Waals surface area contributed by atoms with Crippen LogP contribution in [0, 0.1) is 5.92 Å². The maximum Gasteiger partial charge on any atom is 0.473 e. The molecule has 0 aromatic heterocycles. The maximum atomic E-state index is 13.8. The van der Waals surface area contributed by atoms with Crippen molar-refractivity contribution in [3.63, 3.8) is 0 Å². The Labute approximate surface area is 238 Å². The number of amidine groups is 1. The van der Waals surface area contributed by atoms with Gasteiger partial charge >= 0.3 is 18.1 Å². The molecule has 2 aromatic rings. The normalized spacial score (nSPS) is 19.0. The zero-order valence-electron chi connectivity index (χ0n) is 24.4. The summed E-state index contributed by atoms with van der Waals surface area (Å²) in [4.78, 5) is 43.2. The number of nitrogens with zero attached hydrogens (tertiary/aromatic N) is 2. The van der Waals surface area contributed by atoms with E-state index in [0.717, 1.165) is 17.6 Å². The van der Waals surface area contributed by atoms with Crippen molar-refractivity contribution in [2.75, 3.05) is 13.7 Å². The van der Waals surface area contributed by atoms with Crippen molar-refractivity contribution in [3.05, 3.63) is 64.7 Å². The van der Waals surface area contributed by atoms with Crippen molar-refractivity contribution in [2.24, 2.45) is 10.9 Å². The number of aromatic hydroxyl groups is 1. The summed E-state index contributed by atoms with van der Waals surface area (Å²) in [7, 11) is 1.15. The number of likely N-dealkylation sites (tertiary alicyclic amines) is 1. The second-order valence-corrected chi connectivity index (χ2v) is 12.4. The first-order valence-electron chi connectivity index (χ1n) is 13.3. The van der Waals surface area contributed by atoms with E-state index in [1.54, 1.807) is 42.5 Å². The standard InChI is InChI=1S/C31H37F3N2O5/c1-29(2,3)21-14-19(15-22(25(21)38)30(4,5)6)24(37)17-36-23(27(39)41-7)16-20(13-18-11-9-8-10-12-18)26(36)35-28(40)31(32,33)34/h8-12,14-15,20,23,38H,13,16-17H2,1-7H3/t20-,23-/m0/s1. The number of hydrogen-bond donors (Lipinski definition) is 1. The predicted octanol–water partition coefficient (Wildman–Crippen LogP) is 5.76. The maximum absolute atomic E-state index is 13.8. The average molecular weight is 575 g/mol. The number of methoxy groups -OCH3 is 1. The van der Waals surface area contributed by atoms with Crippen molar-refractivity contribution in [2.45, 2.75) is 77.4 Å². The van der Waals surface area contributed by atoms with Crippen LogP contribution in [0.25, 0.3) is 0 Å². The molecule has 0 unspecified atom stereocenters. The van der Waals surface area contributed by atoms with Gasteiger partial charge in [0.15, 0.2) is 5.78 Å². The third kappa shape index (κ3) is 7.34. The summed E-state index contributed by atoms with van der Waals surface area (Å²) in [5, 5.41) is 11.0. The van der Waals surface area contributed by atoms with Crippen molar-refractivity contribution in [1.29, 1.82) is 0 Å². The minimum atomic E-state index is -5.23. The van der Waals surface area contributed by atoms with Gasteiger partial charge in [0, 0.05) is 22.6 Å². The smallest absolute Gasteiger partial charge is 0.473 e. The number of halogens is 3. The van der Waals surface area contributed by atoms with E-state index in [-0.39, 0.29) is 30.0 Å². The second-order valence-electron chi connectivity index (χ2n) is 12.4. The number of Topliss-reactive ketones (excluding diaryl/α,β-unsaturated/α-hetero) is 1. The van der Waals surface area contributed by atoms with E-state index in [9.17, 15) is 32.7 Å². The number of ketones is 1. The van der Waals surface area contributed by atoms with Crippen LogP contribution >= 0.6 is 0 Å². The number of esters is 1. The SMILES string of the molecule is COC(=O)[C@@H]1C[C@H](Cc2ccccc2)C(=NC(=O)C(F)(F)F)N1CC(=O)c1cc(C(C)(C)C)c(O)c(C(C)(C)C)c1. The highest BCUT2D eigenvalue weighted by Crippen LogP contribution is 2.40. The molecule has 0 aliphatic carbocycles. The number of amides is 1. The molecule has 1 saturated heterocycles. The molecule has 10 heteroatoms. The molecule has 1 aliphatic rings. The first kappa shape index (κ1) is 31.8. The number of hydrogen-bond acceptors (Lipinski definition) is 5. The first-order chi connectivity index (χ1) is 18.8. The number of rotatable bonds is 6. The van der Waals surface area contributed by atoms with Crippen LogP contribution in [0.5, 0.6) is 5.75 Å². The van der Waals surface area contributed by atoms with Crippen LogP contribution in [0.2, 0.25) is 0 Å². The quantitative estimate of drug-likeness (QED) is 0.348. The average Bonchev–Trinajstić information content (AvgIpc) is 3.18. The third-order valence-electron chi connectivity index (χ3n) is 7.16. The molecule has 1 heterocycles. The number of carbonyl (C=O) groups is 3. The van der Waals surface area contributed by atoms with Gasteiger partial charge in [-0.15, -0.1) is 0 Å². The van der Waals surface area contributed by atoms with Crippen LogP contribution in [-0.2, 0) is 31.6 Å². The summed E-state index contributed by atoms with van der Waals surface area (Å²) >= 11 is 0. The molecule has 1 aliphatic heterocycles. The van der Waals surface area contributed by atoms with Gasteiger partial charge in [0.05, 0.1) is 13.7 Å². The van der Waals surface area contributed by atoms with Crippen LogP contribution in [-0.4, -0.2) is 59.4 Å². The van der Waals surface area contributed by atoms with E-state index in [4.69, 9.17) is 4.74 Å². The van der Waals surface area contributed by atoms with Gasteiger partial charge in [0.25, 0.3) is 0 Å². The molecule has 1 fully saturated rings. The fourth-order valence-corrected chi connectivity index (χ4v) is 5.03. The van der Waals surface area contributed by atoms with Gasteiger partial charge < -0.3 is 14.7 Å². The van der Waals surface area contributed by atoms with Gasteiger partial charge in [0.2, 0.25) is 0 Å². The molecular weight excluding hydrogens is 537 g/mol. The zero-order valence-corrected chi connectivity index (χ0v) is 24.4. The Morgan fingerprint density at radius 1 is 0.976 bits per heavy atom. The molecule has 222 valence electrons. The number of benzene rings is 2. The van der Waals surface area contributed by atoms with Gasteiger partial charge in [-0.05, 0) is 41.4 Å². The Balaban J connectivity index is 2.13. The van der Waals surface area contributed by atoms with E-state index >= 15 is 0 Å². The van der Waals surface area contributed by atoms with Gasteiger partial charge in [-0.3, -0.25) is 9.59 Å². The summed E-state index contributed by atoms with van der Waals surface area (Å²) in [5.41, 5.74) is 0.980. The number of aliphatic imine (C=N–C) groups is 1. The molecule has 0 radical (unpaired) electrons. The van der Waals surface area contributed by atoms with Crippen LogP contribution in [0.4, 0.5) is 13.2 Å². The van der Waals surface area contributed by atoms with Crippen molar-refractivity contribution in [1.82, 2.24) is 4.90 Å². The summed E-state index contributed by atoms with van der Waals surface area (Å²) in [6.07, 6.45) is -5.02. The van der Waals surface area contributed by atoms with Crippen LogP contribution in [0.1, 0.15) is 75.0 Å². The molecular formula is C31H37F3N2O5. The second kappa shape index (κ2) is 11.7. The lowest BCUT2D eigenvalue weighted by Crippen LogP contribution is -2.43. The van der Waals surface area contributed by atoms with Crippen molar-refractivity contribution >= 4 is 23.5 Å². The lowest BCUT2D eigenvalue weighted by atomic mass is 9.78. The van der Waals surface area contributed by atoms with E-state index < -0.39 is 53.2 Å². The van der Waals surface area contributed by atoms with E-state index in [0.29, 0.717) is 11.1 Å². The zero-order chi connectivity index (χ0) is 30.9. The Kier molecular flexibility index (Phi) is 9.05. The van der Waals surface area contributed by atoms with Crippen LogP contribution in [0.3, 0.4) is 0 Å². The highest BCUT2D eigenvalue weighted by molar-refractivity contribution is 6.05. The Morgan fingerprint density at radius 3 is 1.98 bits per heavy atom.